The lowest BCUT2D eigenvalue weighted by molar-refractivity contribution is 0.647. The molecule has 0 amide bonds. The molecule has 3 rings (SSSR count). The van der Waals surface area contributed by atoms with Crippen LogP contribution in [0.15, 0.2) is 35.8 Å². The van der Waals surface area contributed by atoms with Crippen molar-refractivity contribution in [2.75, 3.05) is 5.73 Å². The molecule has 1 aromatic carbocycles. The highest BCUT2D eigenvalue weighted by atomic mass is 32.1. The second-order valence-electron chi connectivity index (χ2n) is 5.21. The summed E-state index contributed by atoms with van der Waals surface area (Å²) < 4.78 is 2.00. The van der Waals surface area contributed by atoms with Gasteiger partial charge in [-0.05, 0) is 23.5 Å². The van der Waals surface area contributed by atoms with E-state index in [-0.39, 0.29) is 0 Å². The van der Waals surface area contributed by atoms with E-state index in [2.05, 4.69) is 48.5 Å². The van der Waals surface area contributed by atoms with Gasteiger partial charge in [0.2, 0.25) is 5.95 Å². The maximum atomic E-state index is 5.91. The van der Waals surface area contributed by atoms with Crippen molar-refractivity contribution in [3.8, 4) is 11.3 Å². The molecule has 0 radical (unpaired) electrons. The van der Waals surface area contributed by atoms with Gasteiger partial charge in [-0.15, -0.1) is 11.3 Å². The highest BCUT2D eigenvalue weighted by Crippen LogP contribution is 2.28. The van der Waals surface area contributed by atoms with Crippen molar-refractivity contribution in [1.29, 1.82) is 0 Å². The number of hydrogen-bond acceptors (Lipinski definition) is 3. The molecule has 0 spiro atoms. The van der Waals surface area contributed by atoms with E-state index in [1.165, 1.54) is 11.1 Å². The topological polar surface area (TPSA) is 43.3 Å². The molecule has 3 nitrogen and oxygen atoms in total. The molecule has 19 heavy (non-hydrogen) atoms. The first-order valence-electron chi connectivity index (χ1n) is 6.45. The lowest BCUT2D eigenvalue weighted by Gasteiger charge is -2.06. The fraction of sp³-hybridized carbons (Fsp3) is 0.267. The summed E-state index contributed by atoms with van der Waals surface area (Å²) in [5.41, 5.74) is 9.59. The predicted molar refractivity (Wildman–Crippen MR) is 81.5 cm³/mol. The molecule has 0 fully saturated rings. The second kappa shape index (κ2) is 4.70. The summed E-state index contributed by atoms with van der Waals surface area (Å²) in [4.78, 5) is 5.23. The van der Waals surface area contributed by atoms with Crippen molar-refractivity contribution in [3.05, 3.63) is 41.4 Å². The number of thiazole rings is 1. The summed E-state index contributed by atoms with van der Waals surface area (Å²) in [6, 6.07) is 8.73. The summed E-state index contributed by atoms with van der Waals surface area (Å²) >= 11 is 1.66. The standard InChI is InChI=1S/C15H17N3S/c1-10(2)7-11-3-5-12(6-4-11)13-9-19-14-8-17-15(16)18(13)14/h3-6,8-10H,7H2,1-2H3,(H2,16,17). The molecule has 0 aliphatic heterocycles. The highest BCUT2D eigenvalue weighted by Gasteiger charge is 2.09. The Kier molecular flexibility index (Phi) is 3.03. The van der Waals surface area contributed by atoms with Crippen molar-refractivity contribution in [2.24, 2.45) is 5.92 Å². The molecule has 0 saturated carbocycles. The number of fused-ring (bicyclic) bond motifs is 1. The number of anilines is 1. The zero-order valence-corrected chi connectivity index (χ0v) is 11.9. The van der Waals surface area contributed by atoms with Crippen molar-refractivity contribution >= 4 is 22.1 Å². The lowest BCUT2D eigenvalue weighted by Crippen LogP contribution is -1.96. The van der Waals surface area contributed by atoms with Crippen molar-refractivity contribution in [1.82, 2.24) is 9.38 Å². The fourth-order valence-electron chi connectivity index (χ4n) is 2.32. The molecule has 0 unspecified atom stereocenters. The van der Waals surface area contributed by atoms with Crippen LogP contribution in [0.2, 0.25) is 0 Å². The van der Waals surface area contributed by atoms with Gasteiger partial charge in [0.15, 0.2) is 0 Å². The summed E-state index contributed by atoms with van der Waals surface area (Å²) in [6.45, 7) is 4.48. The maximum Gasteiger partial charge on any atom is 0.206 e. The van der Waals surface area contributed by atoms with Crippen molar-refractivity contribution in [3.63, 3.8) is 0 Å². The number of rotatable bonds is 3. The average molecular weight is 271 g/mol. The van der Waals surface area contributed by atoms with Gasteiger partial charge in [0.05, 0.1) is 11.9 Å². The van der Waals surface area contributed by atoms with E-state index in [0.29, 0.717) is 11.9 Å². The van der Waals surface area contributed by atoms with E-state index in [1.807, 2.05) is 10.6 Å². The van der Waals surface area contributed by atoms with Crippen molar-refractivity contribution in [2.45, 2.75) is 20.3 Å². The van der Waals surface area contributed by atoms with Gasteiger partial charge >= 0.3 is 0 Å². The SMILES string of the molecule is CC(C)Cc1ccc(-c2csc3cnc(N)n23)cc1. The van der Waals surface area contributed by atoms with Gasteiger partial charge in [-0.25, -0.2) is 4.98 Å². The first-order chi connectivity index (χ1) is 9.15. The Morgan fingerprint density at radius 2 is 2.00 bits per heavy atom. The quantitative estimate of drug-likeness (QED) is 0.786. The van der Waals surface area contributed by atoms with Gasteiger partial charge in [0, 0.05) is 5.38 Å². The minimum Gasteiger partial charge on any atom is -0.369 e. The van der Waals surface area contributed by atoms with Crippen LogP contribution in [0, 0.1) is 5.92 Å². The van der Waals surface area contributed by atoms with Crippen LogP contribution >= 0.6 is 11.3 Å². The van der Waals surface area contributed by atoms with Gasteiger partial charge in [0.25, 0.3) is 0 Å². The highest BCUT2D eigenvalue weighted by molar-refractivity contribution is 7.16. The molecule has 4 heteroatoms. The Morgan fingerprint density at radius 1 is 1.26 bits per heavy atom. The number of nitrogens with zero attached hydrogens (tertiary/aromatic N) is 2. The third kappa shape index (κ3) is 2.24. The van der Waals surface area contributed by atoms with E-state index in [9.17, 15) is 0 Å². The van der Waals surface area contributed by atoms with Crippen LogP contribution in [-0.4, -0.2) is 9.38 Å². The Balaban J connectivity index is 2.00. The van der Waals surface area contributed by atoms with Gasteiger partial charge in [-0.2, -0.15) is 0 Å². The van der Waals surface area contributed by atoms with E-state index < -0.39 is 0 Å². The zero-order valence-electron chi connectivity index (χ0n) is 11.1. The number of imidazole rings is 1. The van der Waals surface area contributed by atoms with Gasteiger partial charge in [0.1, 0.15) is 4.83 Å². The molecule has 0 bridgehead atoms. The molecule has 2 heterocycles. The largest absolute Gasteiger partial charge is 0.369 e. The number of benzene rings is 1. The van der Waals surface area contributed by atoms with Crippen molar-refractivity contribution < 1.29 is 0 Å². The minimum atomic E-state index is 0.553. The summed E-state index contributed by atoms with van der Waals surface area (Å²) in [7, 11) is 0. The van der Waals surface area contributed by atoms with Gasteiger partial charge in [-0.3, -0.25) is 4.40 Å². The molecule has 0 saturated heterocycles. The predicted octanol–water partition coefficient (Wildman–Crippen LogP) is 3.84. The zero-order chi connectivity index (χ0) is 13.4. The van der Waals surface area contributed by atoms with Crippen LogP contribution in [-0.2, 0) is 6.42 Å². The molecule has 3 aromatic rings. The summed E-state index contributed by atoms with van der Waals surface area (Å²) in [6.07, 6.45) is 2.93. The Labute approximate surface area is 116 Å². The number of aromatic nitrogens is 2. The van der Waals surface area contributed by atoms with E-state index in [4.69, 9.17) is 5.73 Å². The average Bonchev–Trinajstić information content (AvgIpc) is 2.94. The number of nitrogens with two attached hydrogens (primary N) is 1. The van der Waals surface area contributed by atoms with Crippen LogP contribution < -0.4 is 5.73 Å². The monoisotopic (exact) mass is 271 g/mol. The van der Waals surface area contributed by atoms with Crippen LogP contribution in [0.1, 0.15) is 19.4 Å². The summed E-state index contributed by atoms with van der Waals surface area (Å²) in [5, 5.41) is 2.13. The van der Waals surface area contributed by atoms with Gasteiger partial charge < -0.3 is 5.73 Å². The molecule has 0 atom stereocenters. The normalized spacial score (nSPS) is 11.5. The molecule has 2 aromatic heterocycles. The Morgan fingerprint density at radius 3 is 2.68 bits per heavy atom. The van der Waals surface area contributed by atoms with E-state index in [0.717, 1.165) is 16.9 Å². The maximum absolute atomic E-state index is 5.91. The molecule has 98 valence electrons. The third-order valence-corrected chi connectivity index (χ3v) is 4.05. The van der Waals surface area contributed by atoms with E-state index in [1.54, 1.807) is 11.3 Å². The first-order valence-corrected chi connectivity index (χ1v) is 7.33. The summed E-state index contributed by atoms with van der Waals surface area (Å²) in [5.74, 6) is 1.24. The Hall–Kier alpha value is -1.81. The second-order valence-corrected chi connectivity index (χ2v) is 6.10. The van der Waals surface area contributed by atoms with Crippen LogP contribution in [0.3, 0.4) is 0 Å². The van der Waals surface area contributed by atoms with E-state index >= 15 is 0 Å². The smallest absolute Gasteiger partial charge is 0.206 e. The first kappa shape index (κ1) is 12.2. The van der Waals surface area contributed by atoms with Gasteiger partial charge in [-0.1, -0.05) is 38.1 Å². The molecular weight excluding hydrogens is 254 g/mol. The molecule has 0 aliphatic rings. The fourth-order valence-corrected chi connectivity index (χ4v) is 3.21. The molecule has 2 N–H and O–H groups in total. The third-order valence-electron chi connectivity index (χ3n) is 3.18. The number of hydrogen-bond donors (Lipinski definition) is 1. The Bertz CT molecular complexity index is 692. The molecular formula is C15H17N3S. The lowest BCUT2D eigenvalue weighted by atomic mass is 10.0. The van der Waals surface area contributed by atoms with Crippen LogP contribution in [0.25, 0.3) is 16.1 Å². The van der Waals surface area contributed by atoms with Crippen LogP contribution in [0.4, 0.5) is 5.95 Å². The minimum absolute atomic E-state index is 0.553. The number of nitrogen functional groups attached to an aromatic ring is 1. The molecule has 0 aliphatic carbocycles. The van der Waals surface area contributed by atoms with Crippen LogP contribution in [0.5, 0.6) is 0 Å².